The van der Waals surface area contributed by atoms with Crippen LogP contribution < -0.4 is 0 Å². The van der Waals surface area contributed by atoms with E-state index in [9.17, 15) is 5.26 Å². The number of fused-ring (bicyclic) bond motifs is 5. The summed E-state index contributed by atoms with van der Waals surface area (Å²) in [5.74, 6) is 1.92. The van der Waals surface area contributed by atoms with Gasteiger partial charge in [0.2, 0.25) is 0 Å². The molecule has 4 heteroatoms. The molecule has 1 aliphatic rings. The summed E-state index contributed by atoms with van der Waals surface area (Å²) in [6, 6.07) is 74.9. The Labute approximate surface area is 358 Å². The van der Waals surface area contributed by atoms with Crippen molar-refractivity contribution < 1.29 is 0 Å². The van der Waals surface area contributed by atoms with E-state index in [0.717, 1.165) is 44.2 Å². The summed E-state index contributed by atoms with van der Waals surface area (Å²) >= 11 is 0. The molecule has 0 spiro atoms. The zero-order chi connectivity index (χ0) is 41.1. The lowest BCUT2D eigenvalue weighted by atomic mass is 9.85. The Bertz CT molecular complexity index is 3540. The Morgan fingerprint density at radius 3 is 1.34 bits per heavy atom. The first-order valence-corrected chi connectivity index (χ1v) is 20.8. The van der Waals surface area contributed by atoms with Gasteiger partial charge in [0.1, 0.15) is 0 Å². The van der Waals surface area contributed by atoms with E-state index in [2.05, 4.69) is 133 Å². The van der Waals surface area contributed by atoms with Gasteiger partial charge in [0.25, 0.3) is 0 Å². The second-order valence-corrected chi connectivity index (χ2v) is 15.8. The molecule has 0 radical (unpaired) electrons. The Hall–Kier alpha value is -8.52. The van der Waals surface area contributed by atoms with E-state index in [1.165, 1.54) is 60.5 Å². The lowest BCUT2D eigenvalue weighted by molar-refractivity contribution is 1.07. The van der Waals surface area contributed by atoms with E-state index in [1.807, 2.05) is 78.9 Å². The number of nitrogens with zero attached hydrogens (tertiary/aromatic N) is 4. The molecule has 0 amide bonds. The first kappa shape index (κ1) is 35.4. The highest BCUT2D eigenvalue weighted by molar-refractivity contribution is 6.24. The van der Waals surface area contributed by atoms with Crippen molar-refractivity contribution in [3.05, 3.63) is 212 Å². The van der Waals surface area contributed by atoms with Crippen molar-refractivity contribution in [2.75, 3.05) is 0 Å². The fourth-order valence-corrected chi connectivity index (χ4v) is 9.37. The molecule has 4 nitrogen and oxygen atoms in total. The summed E-state index contributed by atoms with van der Waals surface area (Å²) in [4.78, 5) is 14.8. The van der Waals surface area contributed by atoms with Gasteiger partial charge in [-0.3, -0.25) is 0 Å². The molecule has 286 valence electrons. The smallest absolute Gasteiger partial charge is 0.164 e. The van der Waals surface area contributed by atoms with Crippen LogP contribution in [0.4, 0.5) is 0 Å². The van der Waals surface area contributed by atoms with E-state index in [4.69, 9.17) is 15.0 Å². The lowest BCUT2D eigenvalue weighted by Crippen LogP contribution is -2.00. The standard InChI is InChI=1S/C58H34N4/c59-35-36-19-20-37-21-26-42(34-43(37)33-36)45-28-30-51-48-17-9-10-18-49(48)52-31-32-53(54(45)55(51)52)50-29-27-44(46-15-7-8-16-47(46)50)38-22-24-41(25-23-38)58-61-56(39-11-3-1-4-12-39)60-57(62-58)40-13-5-2-6-14-40/h1-34H. The highest BCUT2D eigenvalue weighted by atomic mass is 15.0. The van der Waals surface area contributed by atoms with Crippen LogP contribution in [0.15, 0.2) is 206 Å². The van der Waals surface area contributed by atoms with Gasteiger partial charge in [0, 0.05) is 16.7 Å². The number of hydrogen-bond donors (Lipinski definition) is 0. The topological polar surface area (TPSA) is 62.5 Å². The molecule has 11 aromatic rings. The molecule has 10 aromatic carbocycles. The average Bonchev–Trinajstić information content (AvgIpc) is 3.68. The van der Waals surface area contributed by atoms with Gasteiger partial charge in [-0.25, -0.2) is 15.0 Å². The Morgan fingerprint density at radius 2 is 0.726 bits per heavy atom. The number of hydrogen-bond acceptors (Lipinski definition) is 4. The first-order valence-electron chi connectivity index (χ1n) is 20.8. The molecular formula is C58H34N4. The van der Waals surface area contributed by atoms with E-state index in [1.54, 1.807) is 0 Å². The Morgan fingerprint density at radius 1 is 0.290 bits per heavy atom. The van der Waals surface area contributed by atoms with Crippen LogP contribution in [-0.2, 0) is 0 Å². The summed E-state index contributed by atoms with van der Waals surface area (Å²) < 4.78 is 0. The maximum absolute atomic E-state index is 9.71. The fraction of sp³-hybridized carbons (Fsp3) is 0. The minimum Gasteiger partial charge on any atom is -0.208 e. The fourth-order valence-electron chi connectivity index (χ4n) is 9.37. The molecule has 0 N–H and O–H groups in total. The quantitative estimate of drug-likeness (QED) is 0.168. The van der Waals surface area contributed by atoms with Gasteiger partial charge in [0.05, 0.1) is 11.6 Å². The minimum absolute atomic E-state index is 0.631. The molecule has 0 atom stereocenters. The number of nitriles is 1. The molecular weight excluding hydrogens is 753 g/mol. The van der Waals surface area contributed by atoms with Crippen molar-refractivity contribution in [2.45, 2.75) is 0 Å². The third-order valence-corrected chi connectivity index (χ3v) is 12.3. The minimum atomic E-state index is 0.631. The molecule has 1 heterocycles. The maximum Gasteiger partial charge on any atom is 0.164 e. The zero-order valence-corrected chi connectivity index (χ0v) is 33.4. The Kier molecular flexibility index (Phi) is 8.19. The Balaban J connectivity index is 1.00. The number of benzene rings is 10. The van der Waals surface area contributed by atoms with Crippen LogP contribution in [0.25, 0.3) is 122 Å². The summed E-state index contributed by atoms with van der Waals surface area (Å²) in [6.07, 6.45) is 0. The molecule has 0 unspecified atom stereocenters. The predicted molar refractivity (Wildman–Crippen MR) is 254 cm³/mol. The third kappa shape index (κ3) is 5.79. The first-order chi connectivity index (χ1) is 30.7. The van der Waals surface area contributed by atoms with Crippen LogP contribution in [0.1, 0.15) is 5.56 Å². The molecule has 12 rings (SSSR count). The molecule has 62 heavy (non-hydrogen) atoms. The van der Waals surface area contributed by atoms with Crippen LogP contribution in [0, 0.1) is 11.3 Å². The predicted octanol–water partition coefficient (Wildman–Crippen LogP) is 14.9. The summed E-state index contributed by atoms with van der Waals surface area (Å²) in [7, 11) is 0. The average molecular weight is 787 g/mol. The third-order valence-electron chi connectivity index (χ3n) is 12.3. The molecule has 0 aliphatic heterocycles. The van der Waals surface area contributed by atoms with Crippen LogP contribution in [0.5, 0.6) is 0 Å². The van der Waals surface area contributed by atoms with E-state index >= 15 is 0 Å². The molecule has 0 saturated heterocycles. The van der Waals surface area contributed by atoms with Gasteiger partial charge in [0.15, 0.2) is 17.5 Å². The second kappa shape index (κ2) is 14.3. The van der Waals surface area contributed by atoms with Gasteiger partial charge >= 0.3 is 0 Å². The van der Waals surface area contributed by atoms with Crippen molar-refractivity contribution >= 4 is 32.3 Å². The molecule has 0 fully saturated rings. The maximum atomic E-state index is 9.71. The van der Waals surface area contributed by atoms with E-state index in [0.29, 0.717) is 23.0 Å². The van der Waals surface area contributed by atoms with Gasteiger partial charge in [-0.15, -0.1) is 0 Å². The highest BCUT2D eigenvalue weighted by Gasteiger charge is 2.26. The molecule has 0 saturated carbocycles. The van der Waals surface area contributed by atoms with Crippen molar-refractivity contribution in [1.82, 2.24) is 15.0 Å². The van der Waals surface area contributed by atoms with Crippen molar-refractivity contribution in [2.24, 2.45) is 0 Å². The number of aromatic nitrogens is 3. The highest BCUT2D eigenvalue weighted by Crippen LogP contribution is 2.53. The van der Waals surface area contributed by atoms with Crippen molar-refractivity contribution in [3.8, 4) is 95.9 Å². The van der Waals surface area contributed by atoms with Crippen molar-refractivity contribution in [1.29, 1.82) is 5.26 Å². The largest absolute Gasteiger partial charge is 0.208 e. The molecule has 0 bridgehead atoms. The van der Waals surface area contributed by atoms with Gasteiger partial charge in [-0.2, -0.15) is 5.26 Å². The van der Waals surface area contributed by atoms with Crippen LogP contribution in [0.2, 0.25) is 0 Å². The van der Waals surface area contributed by atoms with Crippen LogP contribution in [-0.4, -0.2) is 15.0 Å². The van der Waals surface area contributed by atoms with Gasteiger partial charge < -0.3 is 0 Å². The van der Waals surface area contributed by atoms with Crippen LogP contribution >= 0.6 is 0 Å². The lowest BCUT2D eigenvalue weighted by Gasteiger charge is -2.18. The van der Waals surface area contributed by atoms with Gasteiger partial charge in [-0.1, -0.05) is 188 Å². The molecule has 1 aromatic heterocycles. The van der Waals surface area contributed by atoms with Crippen LogP contribution in [0.3, 0.4) is 0 Å². The zero-order valence-electron chi connectivity index (χ0n) is 33.4. The van der Waals surface area contributed by atoms with Crippen molar-refractivity contribution in [3.63, 3.8) is 0 Å². The summed E-state index contributed by atoms with van der Waals surface area (Å²) in [5, 5.41) is 16.8. The normalized spacial score (nSPS) is 11.5. The van der Waals surface area contributed by atoms with E-state index < -0.39 is 0 Å². The van der Waals surface area contributed by atoms with Gasteiger partial charge in [-0.05, 0) is 106 Å². The van der Waals surface area contributed by atoms with E-state index in [-0.39, 0.29) is 0 Å². The molecule has 1 aliphatic carbocycles. The number of rotatable bonds is 6. The summed E-state index contributed by atoms with van der Waals surface area (Å²) in [6.45, 7) is 0. The monoisotopic (exact) mass is 786 g/mol. The summed E-state index contributed by atoms with van der Waals surface area (Å²) in [5.41, 5.74) is 15.5. The second-order valence-electron chi connectivity index (χ2n) is 15.8. The SMILES string of the molecule is N#Cc1ccc2ccc(-c3ccc4c5c(ccc(-c6ccc(-c7ccc(-c8nc(-c9ccccc9)nc(-c9ccccc9)n8)cc7)c7ccccc67)c35)-c3ccccc3-4)cc2c1.